The fraction of sp³-hybridized carbons (Fsp3) is 0.125. The summed E-state index contributed by atoms with van der Waals surface area (Å²) in [4.78, 5) is 12.3. The van der Waals surface area contributed by atoms with Crippen molar-refractivity contribution < 1.29 is 18.7 Å². The van der Waals surface area contributed by atoms with E-state index in [-0.39, 0.29) is 6.61 Å². The van der Waals surface area contributed by atoms with E-state index >= 15 is 0 Å². The summed E-state index contributed by atoms with van der Waals surface area (Å²) in [6.45, 7) is 0.254. The van der Waals surface area contributed by atoms with Gasteiger partial charge in [-0.3, -0.25) is 9.36 Å². The first-order chi connectivity index (χ1) is 16.1. The summed E-state index contributed by atoms with van der Waals surface area (Å²) in [6, 6.07) is 22.6. The van der Waals surface area contributed by atoms with Crippen LogP contribution in [0.15, 0.2) is 84.0 Å². The molecule has 0 spiro atoms. The quantitative estimate of drug-likeness (QED) is 0.431. The van der Waals surface area contributed by atoms with Crippen molar-refractivity contribution in [3.63, 3.8) is 0 Å². The number of thioether (sulfide) groups is 1. The van der Waals surface area contributed by atoms with Crippen LogP contribution in [0.5, 0.6) is 11.5 Å². The van der Waals surface area contributed by atoms with Crippen LogP contribution < -0.4 is 15.2 Å². The van der Waals surface area contributed by atoms with Gasteiger partial charge in [0.1, 0.15) is 17.7 Å². The maximum absolute atomic E-state index is 13.4. The first-order valence-electron chi connectivity index (χ1n) is 10.2. The van der Waals surface area contributed by atoms with Gasteiger partial charge in [0.25, 0.3) is 0 Å². The highest BCUT2D eigenvalue weighted by Gasteiger charge is 2.31. The molecule has 1 aromatic heterocycles. The Labute approximate surface area is 193 Å². The predicted molar refractivity (Wildman–Crippen MR) is 121 cm³/mol. The molecule has 2 atom stereocenters. The summed E-state index contributed by atoms with van der Waals surface area (Å²) in [6.07, 6.45) is -0.514. The minimum Gasteiger partial charge on any atom is -0.485 e. The molecule has 1 amide bonds. The lowest BCUT2D eigenvalue weighted by molar-refractivity contribution is -0.117. The number of para-hydroxylation sites is 3. The smallest absolute Gasteiger partial charge is 0.235 e. The first kappa shape index (κ1) is 21.0. The molecule has 0 bridgehead atoms. The van der Waals surface area contributed by atoms with Gasteiger partial charge in [0.15, 0.2) is 28.6 Å². The fourth-order valence-corrected chi connectivity index (χ4v) is 4.58. The summed E-state index contributed by atoms with van der Waals surface area (Å²) in [5.41, 5.74) is 7.06. The van der Waals surface area contributed by atoms with E-state index in [9.17, 15) is 9.18 Å². The number of halogens is 1. The minimum absolute atomic E-state index is 0.254. The Kier molecular flexibility index (Phi) is 5.70. The first-order valence-corrected chi connectivity index (χ1v) is 11.1. The van der Waals surface area contributed by atoms with Gasteiger partial charge in [-0.05, 0) is 42.0 Å². The van der Waals surface area contributed by atoms with E-state index in [1.165, 1.54) is 24.3 Å². The number of benzene rings is 3. The topological polar surface area (TPSA) is 92.3 Å². The molecule has 166 valence electrons. The number of carbonyl (C=O) groups excluding carboxylic acids is 1. The van der Waals surface area contributed by atoms with Crippen LogP contribution in [0.4, 0.5) is 4.39 Å². The highest BCUT2D eigenvalue weighted by Crippen LogP contribution is 2.39. The van der Waals surface area contributed by atoms with Crippen LogP contribution >= 0.6 is 11.8 Å². The molecule has 0 aliphatic carbocycles. The second-order valence-electron chi connectivity index (χ2n) is 7.33. The van der Waals surface area contributed by atoms with Crippen molar-refractivity contribution in [2.75, 3.05) is 6.61 Å². The zero-order valence-corrected chi connectivity index (χ0v) is 18.1. The Hall–Kier alpha value is -3.85. The average Bonchev–Trinajstić information content (AvgIpc) is 3.27. The number of primary amides is 1. The second-order valence-corrected chi connectivity index (χ2v) is 8.40. The number of hydrogen-bond acceptors (Lipinski definition) is 6. The molecular weight excluding hydrogens is 443 g/mol. The largest absolute Gasteiger partial charge is 0.485 e. The van der Waals surface area contributed by atoms with Crippen molar-refractivity contribution in [1.29, 1.82) is 0 Å². The molecule has 2 heterocycles. The van der Waals surface area contributed by atoms with Gasteiger partial charge in [0.05, 0.1) is 0 Å². The van der Waals surface area contributed by atoms with E-state index in [1.54, 1.807) is 0 Å². The third kappa shape index (κ3) is 4.27. The van der Waals surface area contributed by atoms with E-state index in [4.69, 9.17) is 15.2 Å². The Balaban J connectivity index is 1.54. The molecule has 0 saturated heterocycles. The van der Waals surface area contributed by atoms with Gasteiger partial charge in [-0.15, -0.1) is 10.2 Å². The Bertz CT molecular complexity index is 1280. The number of aromatic nitrogens is 3. The molecule has 5 rings (SSSR count). The van der Waals surface area contributed by atoms with Crippen molar-refractivity contribution in [1.82, 2.24) is 14.8 Å². The molecule has 1 aliphatic heterocycles. The number of hydrogen-bond donors (Lipinski definition) is 1. The molecule has 7 nitrogen and oxygen atoms in total. The van der Waals surface area contributed by atoms with Gasteiger partial charge in [-0.1, -0.05) is 54.2 Å². The number of nitrogens with zero attached hydrogens (tertiary/aromatic N) is 3. The molecule has 33 heavy (non-hydrogen) atoms. The van der Waals surface area contributed by atoms with E-state index in [0.29, 0.717) is 28.0 Å². The molecule has 9 heteroatoms. The Morgan fingerprint density at radius 1 is 1.00 bits per heavy atom. The molecule has 3 aromatic carbocycles. The highest BCUT2D eigenvalue weighted by atomic mass is 32.2. The van der Waals surface area contributed by atoms with Gasteiger partial charge >= 0.3 is 0 Å². The van der Waals surface area contributed by atoms with Crippen LogP contribution in [0.1, 0.15) is 22.7 Å². The van der Waals surface area contributed by atoms with E-state index in [0.717, 1.165) is 17.4 Å². The zero-order valence-electron chi connectivity index (χ0n) is 17.3. The standard InChI is InChI=1S/C24H19FN4O3S/c25-16-12-10-15(11-13-16)21(22(26)30)33-24-28-27-23(29(24)17-6-2-1-3-7-17)20-14-31-18-8-4-5-9-19(18)32-20/h1-13,20-21H,14H2,(H2,26,30)/t20-,21-/m0/s1. The number of fused-ring (bicyclic) bond motifs is 1. The average molecular weight is 463 g/mol. The maximum Gasteiger partial charge on any atom is 0.235 e. The van der Waals surface area contributed by atoms with Crippen molar-refractivity contribution in [3.05, 3.63) is 96.1 Å². The van der Waals surface area contributed by atoms with Crippen LogP contribution in [-0.2, 0) is 4.79 Å². The van der Waals surface area contributed by atoms with Gasteiger partial charge in [-0.25, -0.2) is 4.39 Å². The predicted octanol–water partition coefficient (Wildman–Crippen LogP) is 4.24. The maximum atomic E-state index is 13.4. The molecule has 0 radical (unpaired) electrons. The number of carbonyl (C=O) groups is 1. The summed E-state index contributed by atoms with van der Waals surface area (Å²) >= 11 is 1.14. The van der Waals surface area contributed by atoms with E-state index < -0.39 is 23.1 Å². The SMILES string of the molecule is NC(=O)[C@@H](Sc1nnc([C@@H]2COc3ccccc3O2)n1-c1ccccc1)c1ccc(F)cc1. The molecule has 4 aromatic rings. The van der Waals surface area contributed by atoms with Gasteiger partial charge in [-0.2, -0.15) is 0 Å². The van der Waals surface area contributed by atoms with Crippen LogP contribution in [-0.4, -0.2) is 27.3 Å². The molecule has 2 N–H and O–H groups in total. The number of amides is 1. The van der Waals surface area contributed by atoms with E-state index in [2.05, 4.69) is 10.2 Å². The van der Waals surface area contributed by atoms with E-state index in [1.807, 2.05) is 59.2 Å². The minimum atomic E-state index is -0.783. The summed E-state index contributed by atoms with van der Waals surface area (Å²) in [5.74, 6) is 0.852. The number of ether oxygens (including phenoxy) is 2. The number of nitrogens with two attached hydrogens (primary N) is 1. The Morgan fingerprint density at radius 2 is 1.70 bits per heavy atom. The summed E-state index contributed by atoms with van der Waals surface area (Å²) in [7, 11) is 0. The normalized spacial score (nSPS) is 15.7. The second kappa shape index (κ2) is 8.95. The fourth-order valence-electron chi connectivity index (χ4n) is 3.57. The third-order valence-corrected chi connectivity index (χ3v) is 6.34. The molecule has 1 aliphatic rings. The molecular formula is C24H19FN4O3S. The molecule has 0 fully saturated rings. The monoisotopic (exact) mass is 462 g/mol. The highest BCUT2D eigenvalue weighted by molar-refractivity contribution is 8.00. The van der Waals surface area contributed by atoms with Crippen molar-refractivity contribution in [2.24, 2.45) is 5.73 Å². The zero-order chi connectivity index (χ0) is 22.8. The lowest BCUT2D eigenvalue weighted by Gasteiger charge is -2.26. The summed E-state index contributed by atoms with van der Waals surface area (Å²) < 4.78 is 27.2. The molecule has 0 unspecified atom stereocenters. The van der Waals surface area contributed by atoms with Crippen LogP contribution in [0.25, 0.3) is 5.69 Å². The van der Waals surface area contributed by atoms with Crippen molar-refractivity contribution in [2.45, 2.75) is 16.5 Å². The van der Waals surface area contributed by atoms with Crippen LogP contribution in [0.3, 0.4) is 0 Å². The third-order valence-electron chi connectivity index (χ3n) is 5.12. The Morgan fingerprint density at radius 3 is 2.42 bits per heavy atom. The van der Waals surface area contributed by atoms with Crippen LogP contribution in [0, 0.1) is 5.82 Å². The van der Waals surface area contributed by atoms with Gasteiger partial charge in [0.2, 0.25) is 5.91 Å². The number of rotatable bonds is 6. The lowest BCUT2D eigenvalue weighted by Crippen LogP contribution is -2.25. The van der Waals surface area contributed by atoms with Crippen molar-refractivity contribution >= 4 is 17.7 Å². The van der Waals surface area contributed by atoms with Gasteiger partial charge < -0.3 is 15.2 Å². The van der Waals surface area contributed by atoms with Crippen molar-refractivity contribution in [3.8, 4) is 17.2 Å². The molecule has 0 saturated carbocycles. The van der Waals surface area contributed by atoms with Gasteiger partial charge in [0, 0.05) is 5.69 Å². The summed E-state index contributed by atoms with van der Waals surface area (Å²) in [5, 5.41) is 8.40. The lowest BCUT2D eigenvalue weighted by atomic mass is 10.1. The van der Waals surface area contributed by atoms with Crippen LogP contribution in [0.2, 0.25) is 0 Å².